The average Bonchev–Trinajstić information content (AvgIpc) is 4.18. The van der Waals surface area contributed by atoms with Crippen molar-refractivity contribution in [3.05, 3.63) is 107 Å². The number of rotatable bonds is 8. The second-order valence-electron chi connectivity index (χ2n) is 17.8. The molecule has 0 radical (unpaired) electrons. The number of nitrogens with zero attached hydrogens (tertiary/aromatic N) is 10. The highest BCUT2D eigenvalue weighted by Crippen LogP contribution is 2.39. The smallest absolute Gasteiger partial charge is 0.261 e. The zero-order valence-electron chi connectivity index (χ0n) is 38.0. The van der Waals surface area contributed by atoms with Gasteiger partial charge in [-0.2, -0.15) is 10.2 Å². The number of amides is 4. The fourth-order valence-electron chi connectivity index (χ4n) is 10.1. The van der Waals surface area contributed by atoms with Gasteiger partial charge in [-0.3, -0.25) is 19.2 Å². The van der Waals surface area contributed by atoms with Crippen LogP contribution in [0.5, 0.6) is 0 Å². The van der Waals surface area contributed by atoms with Crippen LogP contribution in [0.2, 0.25) is 0 Å². The Bertz CT molecular complexity index is 2780. The maximum atomic E-state index is 14.6. The first-order valence-electron chi connectivity index (χ1n) is 23.4. The van der Waals surface area contributed by atoms with Crippen molar-refractivity contribution in [2.24, 2.45) is 0 Å². The zero-order valence-corrected chi connectivity index (χ0v) is 38.0. The third-order valence-electron chi connectivity index (χ3n) is 13.7. The molecule has 0 aliphatic carbocycles. The van der Waals surface area contributed by atoms with Gasteiger partial charge in [-0.05, 0) is 60.4 Å². The lowest BCUT2D eigenvalue weighted by Gasteiger charge is -2.33. The molecule has 2 aromatic carbocycles. The summed E-state index contributed by atoms with van der Waals surface area (Å²) in [6, 6.07) is 9.75. The Hall–Kier alpha value is -7.14. The molecule has 0 unspecified atom stereocenters. The number of carbonyl (C=O) groups is 4. The molecule has 4 atom stereocenters. The van der Waals surface area contributed by atoms with Gasteiger partial charge >= 0.3 is 0 Å². The van der Waals surface area contributed by atoms with Crippen LogP contribution in [-0.4, -0.2) is 166 Å². The number of morpholine rings is 2. The molecule has 0 spiro atoms. The number of alkyl halides is 2. The van der Waals surface area contributed by atoms with E-state index in [0.29, 0.717) is 137 Å². The topological polar surface area (TPSA) is 203 Å². The quantitative estimate of drug-likeness (QED) is 0.223. The molecule has 12 rings (SSSR count). The van der Waals surface area contributed by atoms with E-state index in [1.165, 1.54) is 21.4 Å². The minimum absolute atomic E-state index is 0.00118. The Morgan fingerprint density at radius 1 is 0.586 bits per heavy atom. The molecule has 10 heterocycles. The van der Waals surface area contributed by atoms with Gasteiger partial charge in [0.05, 0.1) is 86.9 Å². The van der Waals surface area contributed by atoms with E-state index >= 15 is 0 Å². The van der Waals surface area contributed by atoms with Crippen LogP contribution < -0.4 is 20.4 Å². The van der Waals surface area contributed by atoms with Gasteiger partial charge in [-0.1, -0.05) is 0 Å². The minimum Gasteiger partial charge on any atom is -0.378 e. The Labute approximate surface area is 399 Å². The first kappa shape index (κ1) is 45.3. The monoisotopic (exact) mass is 960 g/mol. The van der Waals surface area contributed by atoms with Crippen LogP contribution in [0.25, 0.3) is 11.3 Å². The molecule has 4 amide bonds. The Morgan fingerprint density at radius 3 is 1.43 bits per heavy atom. The lowest BCUT2D eigenvalue weighted by Crippen LogP contribution is -2.47. The van der Waals surface area contributed by atoms with Crippen LogP contribution in [0.3, 0.4) is 0 Å². The predicted molar refractivity (Wildman–Crippen MR) is 249 cm³/mol. The fourth-order valence-corrected chi connectivity index (χ4v) is 10.1. The van der Waals surface area contributed by atoms with Crippen molar-refractivity contribution < 1.29 is 46.9 Å². The Balaban J connectivity index is 0.000000152. The molecule has 70 heavy (non-hydrogen) atoms. The number of nitrogens with one attached hydrogen (secondary N) is 2. The van der Waals surface area contributed by atoms with Crippen molar-refractivity contribution in [1.29, 1.82) is 0 Å². The van der Waals surface area contributed by atoms with Gasteiger partial charge < -0.3 is 49.2 Å². The lowest BCUT2D eigenvalue weighted by molar-refractivity contribution is -0.0217. The molecule has 6 aromatic rings. The summed E-state index contributed by atoms with van der Waals surface area (Å²) in [5.74, 6) is -1.06. The number of halogens is 2. The highest BCUT2D eigenvalue weighted by Gasteiger charge is 2.41. The normalized spacial score (nSPS) is 22.5. The van der Waals surface area contributed by atoms with E-state index in [1.807, 2.05) is 24.3 Å². The third kappa shape index (κ3) is 8.64. The number of hydrogen-bond donors (Lipinski definition) is 2. The first-order chi connectivity index (χ1) is 34.2. The van der Waals surface area contributed by atoms with E-state index in [-0.39, 0.29) is 36.8 Å². The van der Waals surface area contributed by atoms with Gasteiger partial charge in [0, 0.05) is 88.4 Å². The highest BCUT2D eigenvalue weighted by atomic mass is 19.1. The van der Waals surface area contributed by atoms with Crippen molar-refractivity contribution >= 4 is 57.7 Å². The zero-order chi connectivity index (χ0) is 47.9. The second-order valence-corrected chi connectivity index (χ2v) is 17.8. The van der Waals surface area contributed by atoms with Crippen molar-refractivity contribution in [1.82, 2.24) is 39.0 Å². The third-order valence-corrected chi connectivity index (χ3v) is 13.7. The molecule has 364 valence electrons. The Morgan fingerprint density at radius 2 is 1.01 bits per heavy atom. The van der Waals surface area contributed by atoms with Gasteiger partial charge in [0.15, 0.2) is 11.3 Å². The number of anilines is 4. The summed E-state index contributed by atoms with van der Waals surface area (Å²) in [6.45, 7) is 6.16. The molecule has 6 aliphatic rings. The van der Waals surface area contributed by atoms with E-state index in [2.05, 4.69) is 40.6 Å². The molecular weight excluding hydrogens is 911 g/mol. The van der Waals surface area contributed by atoms with E-state index in [4.69, 9.17) is 18.9 Å². The number of ether oxygens (including phenoxy) is 4. The number of aromatic nitrogens is 6. The van der Waals surface area contributed by atoms with Crippen molar-refractivity contribution in [3.8, 4) is 0 Å². The SMILES string of the molecule is O=C(Nc1cc2c(cc1N1CCOCC1)C(=O)N([C@@H]1CCOC[C@H]1F)C2)c1cnn2cccnc12.O=C(Nc1cc2c(cc1N1CCOCC1)C(=O)N([C@H]1CCOC[C@@H]1F)C2)c1cnn2cccnc12. The van der Waals surface area contributed by atoms with E-state index < -0.39 is 24.4 Å². The summed E-state index contributed by atoms with van der Waals surface area (Å²) in [5.41, 5.74) is 6.86. The summed E-state index contributed by atoms with van der Waals surface area (Å²) in [6.07, 6.45) is 8.11. The number of hydrogen-bond acceptors (Lipinski definition) is 14. The van der Waals surface area contributed by atoms with Gasteiger partial charge in [-0.15, -0.1) is 0 Å². The second kappa shape index (κ2) is 19.3. The first-order valence-corrected chi connectivity index (χ1v) is 23.4. The van der Waals surface area contributed by atoms with Crippen LogP contribution >= 0.6 is 0 Å². The number of benzene rings is 2. The number of fused-ring (bicyclic) bond motifs is 4. The van der Waals surface area contributed by atoms with Crippen molar-refractivity contribution in [2.45, 2.75) is 50.4 Å². The predicted octanol–water partition coefficient (Wildman–Crippen LogP) is 3.80. The van der Waals surface area contributed by atoms with Gasteiger partial charge in [-0.25, -0.2) is 27.8 Å². The average molecular weight is 961 g/mol. The van der Waals surface area contributed by atoms with E-state index in [0.717, 1.165) is 22.5 Å². The molecular formula is C48H50F2N12O8. The molecule has 4 saturated heterocycles. The molecule has 20 nitrogen and oxygen atoms in total. The summed E-state index contributed by atoms with van der Waals surface area (Å²) >= 11 is 0. The van der Waals surface area contributed by atoms with Crippen LogP contribution in [0, 0.1) is 0 Å². The largest absolute Gasteiger partial charge is 0.378 e. The lowest BCUT2D eigenvalue weighted by atomic mass is 10.1. The summed E-state index contributed by atoms with van der Waals surface area (Å²) in [7, 11) is 0. The van der Waals surface area contributed by atoms with Gasteiger partial charge in [0.25, 0.3) is 23.6 Å². The summed E-state index contributed by atoms with van der Waals surface area (Å²) in [4.78, 5) is 69.1. The highest BCUT2D eigenvalue weighted by molar-refractivity contribution is 6.11. The maximum absolute atomic E-state index is 14.6. The van der Waals surface area contributed by atoms with Crippen molar-refractivity contribution in [3.63, 3.8) is 0 Å². The van der Waals surface area contributed by atoms with Crippen LogP contribution in [0.1, 0.15) is 65.4 Å². The van der Waals surface area contributed by atoms with E-state index in [9.17, 15) is 28.0 Å². The van der Waals surface area contributed by atoms with E-state index in [1.54, 1.807) is 46.7 Å². The molecule has 0 bridgehead atoms. The maximum Gasteiger partial charge on any atom is 0.261 e. The molecule has 4 fully saturated rings. The fraction of sp³-hybridized carbons (Fsp3) is 0.417. The molecule has 2 N–H and O–H groups in total. The Kier molecular flexibility index (Phi) is 12.5. The van der Waals surface area contributed by atoms with Gasteiger partial charge in [0.2, 0.25) is 0 Å². The standard InChI is InChI=1S/2C24H25FN6O4/c2*25-18-14-35-7-2-20(18)30-13-15-10-19(21(11-16(15)24(30)33)29-5-8-34-9-6-29)28-23(32)17-12-27-31-4-1-3-26-22(17)31/h2*1,3-4,10-12,18,20H,2,5-9,13-14H2,(H,28,32)/t2*18-,20-/m10/s1. The number of carbonyl (C=O) groups excluding carboxylic acids is 4. The molecule has 22 heteroatoms. The van der Waals surface area contributed by atoms with Crippen LogP contribution in [0.15, 0.2) is 73.6 Å². The molecule has 6 aliphatic heterocycles. The minimum atomic E-state index is -1.22. The van der Waals surface area contributed by atoms with Gasteiger partial charge in [0.1, 0.15) is 23.5 Å². The molecule has 4 aromatic heterocycles. The van der Waals surface area contributed by atoms with Crippen molar-refractivity contribution in [2.75, 3.05) is 99.5 Å². The summed E-state index contributed by atoms with van der Waals surface area (Å²) in [5, 5.41) is 14.4. The van der Waals surface area contributed by atoms with Crippen LogP contribution in [-0.2, 0) is 32.0 Å². The molecule has 0 saturated carbocycles. The summed E-state index contributed by atoms with van der Waals surface area (Å²) < 4.78 is 53.7. The van der Waals surface area contributed by atoms with Crippen LogP contribution in [0.4, 0.5) is 31.5 Å².